The lowest BCUT2D eigenvalue weighted by Gasteiger charge is -2.22. The van der Waals surface area contributed by atoms with Gasteiger partial charge < -0.3 is 9.80 Å². The van der Waals surface area contributed by atoms with Gasteiger partial charge in [0.05, 0.1) is 17.5 Å². The van der Waals surface area contributed by atoms with Gasteiger partial charge >= 0.3 is 5.69 Å². The van der Waals surface area contributed by atoms with Gasteiger partial charge in [-0.1, -0.05) is 6.07 Å². The number of amides is 2. The summed E-state index contributed by atoms with van der Waals surface area (Å²) in [5.41, 5.74) is 2.54. The molecule has 0 N–H and O–H groups in total. The Morgan fingerprint density at radius 2 is 1.63 bits per heavy atom. The number of benzene rings is 1. The first-order chi connectivity index (χ1) is 13.0. The third kappa shape index (κ3) is 3.38. The molecular formula is C20H26N4O3. The molecule has 1 aromatic carbocycles. The molecule has 2 aromatic rings. The van der Waals surface area contributed by atoms with Crippen LogP contribution in [0.3, 0.4) is 0 Å². The molecule has 2 amide bonds. The van der Waals surface area contributed by atoms with Crippen molar-refractivity contribution in [2.75, 3.05) is 26.2 Å². The molecule has 1 saturated heterocycles. The van der Waals surface area contributed by atoms with Crippen LogP contribution in [0.5, 0.6) is 0 Å². The average Bonchev–Trinajstić information content (AvgIpc) is 3.50. The molecule has 0 spiro atoms. The summed E-state index contributed by atoms with van der Waals surface area (Å²) in [7, 11) is 3.50. The molecule has 2 heterocycles. The van der Waals surface area contributed by atoms with Crippen molar-refractivity contribution in [1.82, 2.24) is 18.9 Å². The number of aromatic nitrogens is 2. The van der Waals surface area contributed by atoms with Crippen LogP contribution >= 0.6 is 0 Å². The number of fused-ring (bicyclic) bond motifs is 1. The fraction of sp³-hybridized carbons (Fsp3) is 0.550. The molecule has 7 heteroatoms. The molecule has 1 saturated carbocycles. The number of imidazole rings is 1. The molecule has 1 aromatic heterocycles. The number of carbonyl (C=O) groups is 2. The monoisotopic (exact) mass is 370 g/mol. The first-order valence-electron chi connectivity index (χ1n) is 9.66. The van der Waals surface area contributed by atoms with Gasteiger partial charge in [0.15, 0.2) is 0 Å². The van der Waals surface area contributed by atoms with Crippen LogP contribution in [0.25, 0.3) is 11.0 Å². The molecule has 0 bridgehead atoms. The lowest BCUT2D eigenvalue weighted by Crippen LogP contribution is -2.38. The smallest absolute Gasteiger partial charge is 0.328 e. The molecule has 1 aliphatic carbocycles. The third-order valence-electron chi connectivity index (χ3n) is 5.78. The fourth-order valence-corrected chi connectivity index (χ4v) is 3.92. The first kappa shape index (κ1) is 17.8. The quantitative estimate of drug-likeness (QED) is 0.806. The van der Waals surface area contributed by atoms with Crippen molar-refractivity contribution < 1.29 is 9.59 Å². The van der Waals surface area contributed by atoms with E-state index in [2.05, 4.69) is 0 Å². The van der Waals surface area contributed by atoms with Crippen LogP contribution in [0, 0.1) is 5.92 Å². The van der Waals surface area contributed by atoms with Crippen molar-refractivity contribution in [3.63, 3.8) is 0 Å². The minimum atomic E-state index is -0.0681. The normalized spacial score (nSPS) is 18.0. The highest BCUT2D eigenvalue weighted by molar-refractivity contribution is 5.83. The van der Waals surface area contributed by atoms with Crippen molar-refractivity contribution in [3.05, 3.63) is 34.2 Å². The molecule has 144 valence electrons. The second-order valence-corrected chi connectivity index (χ2v) is 7.73. The maximum Gasteiger partial charge on any atom is 0.328 e. The Bertz CT molecular complexity index is 954. The predicted molar refractivity (Wildman–Crippen MR) is 102 cm³/mol. The van der Waals surface area contributed by atoms with Crippen molar-refractivity contribution in [2.45, 2.75) is 25.7 Å². The molecule has 7 nitrogen and oxygen atoms in total. The van der Waals surface area contributed by atoms with Crippen molar-refractivity contribution >= 4 is 22.8 Å². The molecule has 27 heavy (non-hydrogen) atoms. The predicted octanol–water partition coefficient (Wildman–Crippen LogP) is 0.890. The number of rotatable bonds is 3. The van der Waals surface area contributed by atoms with Crippen molar-refractivity contribution in [1.29, 1.82) is 0 Å². The number of hydrogen-bond acceptors (Lipinski definition) is 3. The zero-order valence-electron chi connectivity index (χ0n) is 16.0. The van der Waals surface area contributed by atoms with E-state index in [1.165, 1.54) is 0 Å². The minimum Gasteiger partial charge on any atom is -0.341 e. The highest BCUT2D eigenvalue weighted by Crippen LogP contribution is 2.31. The standard InChI is InChI=1S/C20H26N4O3/c1-21-16-7-4-14(12-17(16)22(2)20(21)27)13-18(25)23-8-3-9-24(11-10-23)19(26)15-5-6-15/h4,7,12,15H,3,5-6,8-11,13H2,1-2H3. The van der Waals surface area contributed by atoms with Gasteiger partial charge in [-0.2, -0.15) is 0 Å². The Morgan fingerprint density at radius 1 is 0.963 bits per heavy atom. The van der Waals surface area contributed by atoms with Gasteiger partial charge in [-0.15, -0.1) is 0 Å². The lowest BCUT2D eigenvalue weighted by atomic mass is 10.1. The second-order valence-electron chi connectivity index (χ2n) is 7.73. The largest absolute Gasteiger partial charge is 0.341 e. The molecule has 0 atom stereocenters. The van der Waals surface area contributed by atoms with E-state index in [1.54, 1.807) is 23.2 Å². The highest BCUT2D eigenvalue weighted by Gasteiger charge is 2.34. The summed E-state index contributed by atoms with van der Waals surface area (Å²) in [6.45, 7) is 2.67. The molecule has 0 unspecified atom stereocenters. The Labute approximate surface area is 158 Å². The zero-order chi connectivity index (χ0) is 19.1. The Hall–Kier alpha value is -2.57. The van der Waals surface area contributed by atoms with E-state index in [-0.39, 0.29) is 23.4 Å². The average molecular weight is 370 g/mol. The lowest BCUT2D eigenvalue weighted by molar-refractivity contribution is -0.134. The third-order valence-corrected chi connectivity index (χ3v) is 5.78. The van der Waals surface area contributed by atoms with Crippen LogP contribution in [0.2, 0.25) is 0 Å². The SMILES string of the molecule is Cn1c(=O)n(C)c2cc(CC(=O)N3CCCN(C(=O)C4CC4)CC3)ccc21. The minimum absolute atomic E-state index is 0.0681. The van der Waals surface area contributed by atoms with E-state index < -0.39 is 0 Å². The van der Waals surface area contributed by atoms with Gasteiger partial charge in [0.1, 0.15) is 0 Å². The summed E-state index contributed by atoms with van der Waals surface area (Å²) in [4.78, 5) is 40.9. The molecule has 0 radical (unpaired) electrons. The maximum atomic E-state index is 12.8. The van der Waals surface area contributed by atoms with E-state index in [0.29, 0.717) is 26.1 Å². The number of hydrogen-bond donors (Lipinski definition) is 0. The summed E-state index contributed by atoms with van der Waals surface area (Å²) in [6, 6.07) is 5.74. The molecule has 4 rings (SSSR count). The summed E-state index contributed by atoms with van der Waals surface area (Å²) < 4.78 is 3.22. The summed E-state index contributed by atoms with van der Waals surface area (Å²) in [5, 5.41) is 0. The van der Waals surface area contributed by atoms with Crippen LogP contribution in [-0.2, 0) is 30.1 Å². The topological polar surface area (TPSA) is 67.6 Å². The van der Waals surface area contributed by atoms with Gasteiger partial charge in [0, 0.05) is 46.2 Å². The maximum absolute atomic E-state index is 12.8. The highest BCUT2D eigenvalue weighted by atomic mass is 16.2. The second kappa shape index (κ2) is 6.87. The van der Waals surface area contributed by atoms with Crippen molar-refractivity contribution in [2.24, 2.45) is 20.0 Å². The molecular weight excluding hydrogens is 344 g/mol. The Kier molecular flexibility index (Phi) is 4.53. The Balaban J connectivity index is 1.44. The van der Waals surface area contributed by atoms with Crippen LogP contribution in [0.15, 0.2) is 23.0 Å². The summed E-state index contributed by atoms with van der Waals surface area (Å²) in [5.74, 6) is 0.576. The van der Waals surface area contributed by atoms with Crippen LogP contribution in [0.1, 0.15) is 24.8 Å². The summed E-state index contributed by atoms with van der Waals surface area (Å²) in [6.07, 6.45) is 3.18. The molecule has 1 aliphatic heterocycles. The van der Waals surface area contributed by atoms with Gasteiger partial charge in [0.25, 0.3) is 0 Å². The van der Waals surface area contributed by atoms with E-state index in [1.807, 2.05) is 28.0 Å². The number of aryl methyl sites for hydroxylation is 2. The van der Waals surface area contributed by atoms with Crippen LogP contribution in [-0.4, -0.2) is 56.9 Å². The van der Waals surface area contributed by atoms with E-state index in [9.17, 15) is 14.4 Å². The van der Waals surface area contributed by atoms with Gasteiger partial charge in [-0.3, -0.25) is 18.7 Å². The number of carbonyl (C=O) groups excluding carboxylic acids is 2. The van der Waals surface area contributed by atoms with Gasteiger partial charge in [-0.05, 0) is 37.0 Å². The number of nitrogens with zero attached hydrogens (tertiary/aromatic N) is 4. The fourth-order valence-electron chi connectivity index (χ4n) is 3.92. The first-order valence-corrected chi connectivity index (χ1v) is 9.66. The van der Waals surface area contributed by atoms with Crippen molar-refractivity contribution in [3.8, 4) is 0 Å². The molecule has 2 aliphatic rings. The van der Waals surface area contributed by atoms with E-state index >= 15 is 0 Å². The van der Waals surface area contributed by atoms with Crippen LogP contribution < -0.4 is 5.69 Å². The zero-order valence-corrected chi connectivity index (χ0v) is 16.0. The van der Waals surface area contributed by atoms with Gasteiger partial charge in [-0.25, -0.2) is 4.79 Å². The van der Waals surface area contributed by atoms with Crippen LogP contribution in [0.4, 0.5) is 0 Å². The van der Waals surface area contributed by atoms with E-state index in [0.717, 1.165) is 42.4 Å². The summed E-state index contributed by atoms with van der Waals surface area (Å²) >= 11 is 0. The van der Waals surface area contributed by atoms with E-state index in [4.69, 9.17) is 0 Å². The van der Waals surface area contributed by atoms with Gasteiger partial charge in [0.2, 0.25) is 11.8 Å². The molecule has 2 fully saturated rings. The Morgan fingerprint density at radius 3 is 2.37 bits per heavy atom.